The van der Waals surface area contributed by atoms with Crippen molar-refractivity contribution in [3.05, 3.63) is 0 Å². The van der Waals surface area contributed by atoms with Gasteiger partial charge in [0.1, 0.15) is 13.2 Å². The summed E-state index contributed by atoms with van der Waals surface area (Å²) >= 11 is 0. The Morgan fingerprint density at radius 1 is 1.17 bits per heavy atom. The zero-order valence-electron chi connectivity index (χ0n) is 11.3. The van der Waals surface area contributed by atoms with Crippen LogP contribution in [0.1, 0.15) is 40.0 Å². The third kappa shape index (κ3) is 8.41. The van der Waals surface area contributed by atoms with Gasteiger partial charge in [-0.25, -0.2) is 9.78 Å². The number of rotatable bonds is 10. The van der Waals surface area contributed by atoms with Gasteiger partial charge in [0, 0.05) is 6.42 Å². The smallest absolute Gasteiger partial charge is 0.311 e. The monoisotopic (exact) mass is 264 g/mol. The zero-order valence-corrected chi connectivity index (χ0v) is 11.3. The van der Waals surface area contributed by atoms with E-state index < -0.39 is 11.7 Å². The highest BCUT2D eigenvalue weighted by Gasteiger charge is 2.26. The van der Waals surface area contributed by atoms with Crippen LogP contribution in [0.2, 0.25) is 0 Å². The minimum Gasteiger partial charge on any atom is -0.463 e. The summed E-state index contributed by atoms with van der Waals surface area (Å²) in [5.74, 6) is -0.253. The summed E-state index contributed by atoms with van der Waals surface area (Å²) in [6.45, 7) is 6.15. The van der Waals surface area contributed by atoms with Gasteiger partial charge in [0.2, 0.25) is 0 Å². The zero-order chi connectivity index (χ0) is 14.0. The molecule has 0 fully saturated rings. The topological polar surface area (TPSA) is 85.2 Å². The molecule has 0 rings (SSSR count). The number of aliphatic hydroxyl groups is 2. The van der Waals surface area contributed by atoms with Crippen LogP contribution < -0.4 is 0 Å². The number of aliphatic hydroxyl groups excluding tert-OH is 1. The number of hydrogen-bond acceptors (Lipinski definition) is 6. The van der Waals surface area contributed by atoms with E-state index in [9.17, 15) is 4.79 Å². The van der Waals surface area contributed by atoms with Crippen LogP contribution in [-0.2, 0) is 19.3 Å². The van der Waals surface area contributed by atoms with Gasteiger partial charge >= 0.3 is 5.97 Å². The van der Waals surface area contributed by atoms with Gasteiger partial charge in [0.15, 0.2) is 6.29 Å². The molecule has 0 aliphatic carbocycles. The van der Waals surface area contributed by atoms with E-state index >= 15 is 0 Å². The highest BCUT2D eigenvalue weighted by atomic mass is 17.2. The summed E-state index contributed by atoms with van der Waals surface area (Å²) in [6, 6.07) is 0. The van der Waals surface area contributed by atoms with E-state index in [0.717, 1.165) is 0 Å². The van der Waals surface area contributed by atoms with E-state index in [1.54, 1.807) is 0 Å². The molecule has 0 aliphatic heterocycles. The quantitative estimate of drug-likeness (QED) is 0.201. The maximum Gasteiger partial charge on any atom is 0.311 e. The summed E-state index contributed by atoms with van der Waals surface area (Å²) in [5.41, 5.74) is -0.474. The van der Waals surface area contributed by atoms with Crippen LogP contribution in [0.5, 0.6) is 0 Å². The highest BCUT2D eigenvalue weighted by molar-refractivity contribution is 5.75. The Kier molecular flexibility index (Phi) is 8.91. The van der Waals surface area contributed by atoms with Gasteiger partial charge in [-0.1, -0.05) is 6.92 Å². The Labute approximate surface area is 108 Å². The summed E-state index contributed by atoms with van der Waals surface area (Å²) in [6.07, 6.45) is 0.126. The summed E-state index contributed by atoms with van der Waals surface area (Å²) in [7, 11) is 0. The molecule has 0 aromatic heterocycles. The van der Waals surface area contributed by atoms with Crippen LogP contribution in [0.25, 0.3) is 0 Å². The van der Waals surface area contributed by atoms with Crippen LogP contribution in [0.3, 0.4) is 0 Å². The van der Waals surface area contributed by atoms with Crippen molar-refractivity contribution in [1.82, 2.24) is 0 Å². The molecule has 0 aromatic rings. The van der Waals surface area contributed by atoms with Gasteiger partial charge in [-0.05, 0) is 26.7 Å². The van der Waals surface area contributed by atoms with E-state index in [1.165, 1.54) is 0 Å². The molecule has 0 atom stereocenters. The third-order valence-corrected chi connectivity index (χ3v) is 2.61. The minimum atomic E-state index is -1.31. The molecule has 0 aliphatic rings. The predicted molar refractivity (Wildman–Crippen MR) is 64.4 cm³/mol. The van der Waals surface area contributed by atoms with Gasteiger partial charge in [0.25, 0.3) is 0 Å². The maximum absolute atomic E-state index is 11.5. The molecule has 6 heteroatoms. The Balaban J connectivity index is 3.38. The fourth-order valence-electron chi connectivity index (χ4n) is 0.951. The Morgan fingerprint density at radius 2 is 1.78 bits per heavy atom. The van der Waals surface area contributed by atoms with Crippen LogP contribution in [0, 0.1) is 5.41 Å². The van der Waals surface area contributed by atoms with E-state index in [4.69, 9.17) is 24.7 Å². The average molecular weight is 264 g/mol. The first-order chi connectivity index (χ1) is 8.40. The largest absolute Gasteiger partial charge is 0.463 e. The predicted octanol–water partition coefficient (Wildman–Crippen LogP) is 1.00. The van der Waals surface area contributed by atoms with Crippen molar-refractivity contribution in [2.45, 2.75) is 46.3 Å². The van der Waals surface area contributed by atoms with Crippen molar-refractivity contribution in [1.29, 1.82) is 0 Å². The molecular formula is C12H24O6. The van der Waals surface area contributed by atoms with E-state index in [0.29, 0.717) is 12.8 Å². The molecular weight excluding hydrogens is 240 g/mol. The highest BCUT2D eigenvalue weighted by Crippen LogP contribution is 2.21. The lowest BCUT2D eigenvalue weighted by Crippen LogP contribution is -2.27. The van der Waals surface area contributed by atoms with Gasteiger partial charge in [-0.2, -0.15) is 0 Å². The lowest BCUT2D eigenvalue weighted by atomic mass is 9.91. The SMILES string of the molecule is CCC(C)(C)C(=O)OCCOOCCCC(O)O. The van der Waals surface area contributed by atoms with E-state index in [1.807, 2.05) is 20.8 Å². The van der Waals surface area contributed by atoms with Crippen LogP contribution >= 0.6 is 0 Å². The maximum atomic E-state index is 11.5. The number of carbonyl (C=O) groups is 1. The second-order valence-electron chi connectivity index (χ2n) is 4.64. The molecule has 2 N–H and O–H groups in total. The summed E-state index contributed by atoms with van der Waals surface area (Å²) in [4.78, 5) is 21.1. The second-order valence-corrected chi connectivity index (χ2v) is 4.64. The number of carbonyl (C=O) groups excluding carboxylic acids is 1. The molecule has 0 amide bonds. The van der Waals surface area contributed by atoms with Gasteiger partial charge in [-0.15, -0.1) is 0 Å². The molecule has 0 aromatic carbocycles. The minimum absolute atomic E-state index is 0.144. The standard InChI is InChI=1S/C12H24O6/c1-4-12(2,3)11(15)16-8-9-18-17-7-5-6-10(13)14/h10,13-14H,4-9H2,1-3H3. The molecule has 0 saturated heterocycles. The van der Waals surface area contributed by atoms with Gasteiger partial charge < -0.3 is 14.9 Å². The molecule has 0 spiro atoms. The lowest BCUT2D eigenvalue weighted by Gasteiger charge is -2.20. The average Bonchev–Trinajstić information content (AvgIpc) is 2.31. The Morgan fingerprint density at radius 3 is 2.33 bits per heavy atom. The van der Waals surface area contributed by atoms with Crippen molar-refractivity contribution in [3.8, 4) is 0 Å². The third-order valence-electron chi connectivity index (χ3n) is 2.61. The molecule has 0 saturated carbocycles. The number of ether oxygens (including phenoxy) is 1. The fraction of sp³-hybridized carbons (Fsp3) is 0.917. The molecule has 0 heterocycles. The van der Waals surface area contributed by atoms with E-state index in [2.05, 4.69) is 0 Å². The first kappa shape index (κ1) is 17.3. The molecule has 108 valence electrons. The van der Waals surface area contributed by atoms with Crippen molar-refractivity contribution >= 4 is 5.97 Å². The van der Waals surface area contributed by atoms with Gasteiger partial charge in [0.05, 0.1) is 12.0 Å². The number of esters is 1. The van der Waals surface area contributed by atoms with Gasteiger partial charge in [-0.3, -0.25) is 4.79 Å². The lowest BCUT2D eigenvalue weighted by molar-refractivity contribution is -0.299. The normalized spacial score (nSPS) is 11.9. The molecule has 18 heavy (non-hydrogen) atoms. The second kappa shape index (κ2) is 9.27. The molecule has 0 radical (unpaired) electrons. The van der Waals surface area contributed by atoms with Crippen LogP contribution in [0.15, 0.2) is 0 Å². The molecule has 0 unspecified atom stereocenters. The molecule has 6 nitrogen and oxygen atoms in total. The first-order valence-corrected chi connectivity index (χ1v) is 6.18. The number of hydrogen-bond donors (Lipinski definition) is 2. The van der Waals surface area contributed by atoms with E-state index in [-0.39, 0.29) is 32.2 Å². The van der Waals surface area contributed by atoms with Crippen molar-refractivity contribution in [2.75, 3.05) is 19.8 Å². The van der Waals surface area contributed by atoms with Crippen molar-refractivity contribution in [3.63, 3.8) is 0 Å². The molecule has 0 bridgehead atoms. The van der Waals surface area contributed by atoms with Crippen LogP contribution in [-0.4, -0.2) is 42.3 Å². The Hall–Kier alpha value is -0.690. The summed E-state index contributed by atoms with van der Waals surface area (Å²) in [5, 5.41) is 17.1. The fourth-order valence-corrected chi connectivity index (χ4v) is 0.951. The first-order valence-electron chi connectivity index (χ1n) is 6.18. The summed E-state index contributed by atoms with van der Waals surface area (Å²) < 4.78 is 5.02. The van der Waals surface area contributed by atoms with Crippen LogP contribution in [0.4, 0.5) is 0 Å². The van der Waals surface area contributed by atoms with Crippen molar-refractivity contribution in [2.24, 2.45) is 5.41 Å². The van der Waals surface area contributed by atoms with Crippen molar-refractivity contribution < 1.29 is 29.5 Å². The Bertz CT molecular complexity index is 227.